The summed E-state index contributed by atoms with van der Waals surface area (Å²) in [5.74, 6) is 1.93. The monoisotopic (exact) mass is 474 g/mol. The first-order valence-corrected chi connectivity index (χ1v) is 13.1. The average molecular weight is 475 g/mol. The van der Waals surface area contributed by atoms with Gasteiger partial charge in [0.1, 0.15) is 5.82 Å². The number of amides is 1. The van der Waals surface area contributed by atoms with Gasteiger partial charge in [-0.3, -0.25) is 4.79 Å². The third-order valence-corrected chi connectivity index (χ3v) is 6.99. The van der Waals surface area contributed by atoms with Gasteiger partial charge < -0.3 is 10.2 Å². The summed E-state index contributed by atoms with van der Waals surface area (Å²) in [5.41, 5.74) is 1.88. The molecule has 176 valence electrons. The van der Waals surface area contributed by atoms with E-state index >= 15 is 0 Å². The molecule has 5 rings (SSSR count). The highest BCUT2D eigenvalue weighted by molar-refractivity contribution is 7.99. The van der Waals surface area contributed by atoms with Gasteiger partial charge in [-0.15, -0.1) is 0 Å². The third kappa shape index (κ3) is 4.87. The highest BCUT2D eigenvalue weighted by Crippen LogP contribution is 2.29. The lowest BCUT2D eigenvalue weighted by molar-refractivity contribution is -0.120. The van der Waals surface area contributed by atoms with E-state index in [1.807, 2.05) is 35.1 Å². The van der Waals surface area contributed by atoms with Crippen LogP contribution in [0.15, 0.2) is 53.8 Å². The van der Waals surface area contributed by atoms with Crippen LogP contribution in [-0.2, 0) is 17.8 Å². The summed E-state index contributed by atoms with van der Waals surface area (Å²) in [6.07, 6.45) is 5.90. The lowest BCUT2D eigenvalue weighted by Gasteiger charge is -2.28. The maximum Gasteiger partial charge on any atom is 0.224 e. The summed E-state index contributed by atoms with van der Waals surface area (Å²) in [7, 11) is 0. The molecule has 1 saturated heterocycles. The van der Waals surface area contributed by atoms with Gasteiger partial charge >= 0.3 is 0 Å². The van der Waals surface area contributed by atoms with Crippen LogP contribution in [0.4, 0.5) is 5.82 Å². The van der Waals surface area contributed by atoms with E-state index in [0.717, 1.165) is 57.2 Å². The Morgan fingerprint density at radius 2 is 1.85 bits per heavy atom. The Bertz CT molecular complexity index is 1290. The van der Waals surface area contributed by atoms with Crippen LogP contribution >= 0.6 is 11.8 Å². The fraction of sp³-hybridized carbons (Fsp3) is 0.385. The maximum atomic E-state index is 12.7. The van der Waals surface area contributed by atoms with Crippen LogP contribution < -0.4 is 10.2 Å². The van der Waals surface area contributed by atoms with Crippen LogP contribution in [0.3, 0.4) is 0 Å². The van der Waals surface area contributed by atoms with Gasteiger partial charge in [0.25, 0.3) is 0 Å². The van der Waals surface area contributed by atoms with Crippen molar-refractivity contribution >= 4 is 45.3 Å². The van der Waals surface area contributed by atoms with E-state index < -0.39 is 0 Å². The zero-order valence-corrected chi connectivity index (χ0v) is 20.4. The zero-order chi connectivity index (χ0) is 23.3. The van der Waals surface area contributed by atoms with Crippen LogP contribution in [0.2, 0.25) is 0 Å². The molecule has 3 heterocycles. The van der Waals surface area contributed by atoms with Gasteiger partial charge in [-0.1, -0.05) is 61.2 Å². The van der Waals surface area contributed by atoms with E-state index in [1.54, 1.807) is 11.8 Å². The van der Waals surface area contributed by atoms with Gasteiger partial charge in [0.2, 0.25) is 5.91 Å². The van der Waals surface area contributed by atoms with Crippen molar-refractivity contribution in [2.24, 2.45) is 0 Å². The van der Waals surface area contributed by atoms with Crippen LogP contribution in [-0.4, -0.2) is 51.0 Å². The summed E-state index contributed by atoms with van der Waals surface area (Å²) < 4.78 is 1.89. The molecule has 1 N–H and O–H groups in total. The normalized spacial score (nSPS) is 14.1. The fourth-order valence-electron chi connectivity index (χ4n) is 4.61. The van der Waals surface area contributed by atoms with E-state index in [-0.39, 0.29) is 5.91 Å². The molecule has 4 aromatic rings. The highest BCUT2D eigenvalue weighted by Gasteiger charge is 2.20. The molecule has 1 aliphatic rings. The minimum atomic E-state index is 0.0127. The molecule has 0 bridgehead atoms. The minimum absolute atomic E-state index is 0.0127. The molecule has 0 unspecified atom stereocenters. The molecule has 2 aromatic heterocycles. The number of thioether (sulfide) groups is 1. The molecule has 0 atom stereocenters. The average Bonchev–Trinajstić information content (AvgIpc) is 3.27. The SMILES string of the molecule is CCSc1nc(N2CCCCC2)c2cnn(CCNC(=O)Cc3cccc4ccccc34)c2n1. The number of nitrogens with one attached hydrogen (secondary N) is 1. The first-order valence-electron chi connectivity index (χ1n) is 12.1. The van der Waals surface area contributed by atoms with Crippen molar-refractivity contribution in [2.75, 3.05) is 30.3 Å². The van der Waals surface area contributed by atoms with E-state index in [9.17, 15) is 4.79 Å². The number of hydrogen-bond acceptors (Lipinski definition) is 6. The Kier molecular flexibility index (Phi) is 6.94. The minimum Gasteiger partial charge on any atom is -0.356 e. The first kappa shape index (κ1) is 22.7. The Hall–Kier alpha value is -3.13. The molecular formula is C26H30N6OS. The number of anilines is 1. The number of carbonyl (C=O) groups excluding carboxylic acids is 1. The lowest BCUT2D eigenvalue weighted by atomic mass is 10.0. The molecule has 2 aromatic carbocycles. The van der Waals surface area contributed by atoms with Crippen LogP contribution in [0.1, 0.15) is 31.7 Å². The number of nitrogens with zero attached hydrogens (tertiary/aromatic N) is 5. The van der Waals surface area contributed by atoms with Gasteiger partial charge in [0, 0.05) is 19.6 Å². The topological polar surface area (TPSA) is 75.9 Å². The molecule has 0 saturated carbocycles. The summed E-state index contributed by atoms with van der Waals surface area (Å²) >= 11 is 1.65. The van der Waals surface area contributed by atoms with Crippen molar-refractivity contribution in [1.29, 1.82) is 0 Å². The molecular weight excluding hydrogens is 444 g/mol. The quantitative estimate of drug-likeness (QED) is 0.301. The number of hydrogen-bond donors (Lipinski definition) is 1. The second-order valence-electron chi connectivity index (χ2n) is 8.58. The van der Waals surface area contributed by atoms with Crippen LogP contribution in [0.5, 0.6) is 0 Å². The summed E-state index contributed by atoms with van der Waals surface area (Å²) in [6.45, 7) is 5.23. The van der Waals surface area contributed by atoms with Crippen molar-refractivity contribution < 1.29 is 4.79 Å². The second-order valence-corrected chi connectivity index (χ2v) is 9.81. The van der Waals surface area contributed by atoms with Crippen molar-refractivity contribution in [3.05, 3.63) is 54.2 Å². The van der Waals surface area contributed by atoms with Crippen molar-refractivity contribution in [2.45, 2.75) is 44.3 Å². The molecule has 1 aliphatic heterocycles. The standard InChI is InChI=1S/C26H30N6OS/c1-2-34-26-29-24(31-14-6-3-7-15-31)22-18-28-32(25(22)30-26)16-13-27-23(33)17-20-11-8-10-19-9-4-5-12-21(19)20/h4-5,8-12,18H,2-3,6-7,13-17H2,1H3,(H,27,33). The molecule has 1 amide bonds. The molecule has 8 heteroatoms. The smallest absolute Gasteiger partial charge is 0.224 e. The Labute approximate surface area is 204 Å². The van der Waals surface area contributed by atoms with E-state index in [4.69, 9.17) is 9.97 Å². The predicted octanol–water partition coefficient (Wildman–Crippen LogP) is 4.44. The van der Waals surface area contributed by atoms with Crippen LogP contribution in [0, 0.1) is 0 Å². The van der Waals surface area contributed by atoms with E-state index in [1.165, 1.54) is 19.3 Å². The number of rotatable bonds is 8. The predicted molar refractivity (Wildman–Crippen MR) is 138 cm³/mol. The largest absolute Gasteiger partial charge is 0.356 e. The number of fused-ring (bicyclic) bond motifs is 2. The fourth-order valence-corrected chi connectivity index (χ4v) is 5.17. The maximum absolute atomic E-state index is 12.7. The molecule has 0 aliphatic carbocycles. The summed E-state index contributed by atoms with van der Waals surface area (Å²) in [4.78, 5) is 24.7. The zero-order valence-electron chi connectivity index (χ0n) is 19.5. The van der Waals surface area contributed by atoms with Crippen molar-refractivity contribution in [3.63, 3.8) is 0 Å². The molecule has 7 nitrogen and oxygen atoms in total. The van der Waals surface area contributed by atoms with Gasteiger partial charge in [-0.2, -0.15) is 5.10 Å². The highest BCUT2D eigenvalue weighted by atomic mass is 32.2. The molecule has 0 radical (unpaired) electrons. The first-order chi connectivity index (χ1) is 16.7. The van der Waals surface area contributed by atoms with Gasteiger partial charge in [0.15, 0.2) is 10.8 Å². The van der Waals surface area contributed by atoms with Crippen molar-refractivity contribution in [1.82, 2.24) is 25.1 Å². The number of benzene rings is 2. The van der Waals surface area contributed by atoms with Crippen molar-refractivity contribution in [3.8, 4) is 0 Å². The van der Waals surface area contributed by atoms with Gasteiger partial charge in [0.05, 0.1) is 24.5 Å². The second kappa shape index (κ2) is 10.4. The number of piperidine rings is 1. The lowest BCUT2D eigenvalue weighted by Crippen LogP contribution is -2.30. The van der Waals surface area contributed by atoms with E-state index in [2.05, 4.69) is 40.4 Å². The molecule has 34 heavy (non-hydrogen) atoms. The Morgan fingerprint density at radius 3 is 2.71 bits per heavy atom. The summed E-state index contributed by atoms with van der Waals surface area (Å²) in [5, 5.41) is 11.7. The van der Waals surface area contributed by atoms with E-state index in [0.29, 0.717) is 19.5 Å². The third-order valence-electron chi connectivity index (χ3n) is 6.26. The van der Waals surface area contributed by atoms with Gasteiger partial charge in [-0.05, 0) is 41.4 Å². The Balaban J connectivity index is 1.29. The van der Waals surface area contributed by atoms with Crippen LogP contribution in [0.25, 0.3) is 21.8 Å². The molecule has 0 spiro atoms. The Morgan fingerprint density at radius 1 is 1.03 bits per heavy atom. The molecule has 1 fully saturated rings. The van der Waals surface area contributed by atoms with Gasteiger partial charge in [-0.25, -0.2) is 14.6 Å². The summed E-state index contributed by atoms with van der Waals surface area (Å²) in [6, 6.07) is 14.3. The number of carbonyl (C=O) groups is 1. The number of aromatic nitrogens is 4.